The molecule has 1 aliphatic carbocycles. The largest absolute Gasteiger partial charge is 0.417 e. The van der Waals surface area contributed by atoms with Gasteiger partial charge in [-0.3, -0.25) is 9.99 Å². The number of nitrogens with one attached hydrogen (secondary N) is 1. The second kappa shape index (κ2) is 8.78. The maximum Gasteiger partial charge on any atom is 0.417 e. The van der Waals surface area contributed by atoms with Gasteiger partial charge in [0.05, 0.1) is 11.6 Å². The Balaban J connectivity index is 1.38. The Bertz CT molecular complexity index is 948. The zero-order chi connectivity index (χ0) is 21.0. The van der Waals surface area contributed by atoms with E-state index < -0.39 is 11.7 Å². The van der Waals surface area contributed by atoms with Gasteiger partial charge in [-0.05, 0) is 61.1 Å². The summed E-state index contributed by atoms with van der Waals surface area (Å²) in [5, 5.41) is 2.18. The summed E-state index contributed by atoms with van der Waals surface area (Å²) < 4.78 is 38.1. The molecule has 2 aromatic rings. The number of pyridine rings is 1. The minimum Gasteiger partial charge on any atom is -0.306 e. The summed E-state index contributed by atoms with van der Waals surface area (Å²) in [7, 11) is 0. The Morgan fingerprint density at radius 3 is 2.60 bits per heavy atom. The third-order valence-electron chi connectivity index (χ3n) is 5.53. The lowest BCUT2D eigenvalue weighted by molar-refractivity contribution is -0.137. The van der Waals surface area contributed by atoms with Crippen LogP contribution in [0.4, 0.5) is 13.2 Å². The van der Waals surface area contributed by atoms with E-state index in [2.05, 4.69) is 39.8 Å². The zero-order valence-corrected chi connectivity index (χ0v) is 16.6. The number of rotatable bonds is 4. The third-order valence-corrected chi connectivity index (χ3v) is 5.53. The van der Waals surface area contributed by atoms with Gasteiger partial charge in [0.1, 0.15) is 0 Å². The van der Waals surface area contributed by atoms with Crippen LogP contribution in [0.3, 0.4) is 0 Å². The van der Waals surface area contributed by atoms with E-state index in [0.29, 0.717) is 18.2 Å². The fourth-order valence-electron chi connectivity index (χ4n) is 3.93. The van der Waals surface area contributed by atoms with Gasteiger partial charge >= 0.3 is 6.18 Å². The fourth-order valence-corrected chi connectivity index (χ4v) is 3.93. The molecule has 0 bridgehead atoms. The van der Waals surface area contributed by atoms with E-state index in [1.165, 1.54) is 11.6 Å². The van der Waals surface area contributed by atoms with Crippen LogP contribution < -0.4 is 5.43 Å². The van der Waals surface area contributed by atoms with Crippen molar-refractivity contribution in [3.63, 3.8) is 0 Å². The lowest BCUT2D eigenvalue weighted by Crippen LogP contribution is -2.41. The molecule has 0 spiro atoms. The first-order chi connectivity index (χ1) is 14.5. The number of allylic oxidation sites excluding steroid dienone is 3. The molecule has 156 valence electrons. The number of aromatic nitrogens is 1. The molecule has 6 heteroatoms. The summed E-state index contributed by atoms with van der Waals surface area (Å²) in [6.45, 7) is 0. The van der Waals surface area contributed by atoms with Crippen molar-refractivity contribution in [3.05, 3.63) is 95.1 Å². The molecule has 1 aliphatic heterocycles. The predicted molar refractivity (Wildman–Crippen MR) is 112 cm³/mol. The van der Waals surface area contributed by atoms with Gasteiger partial charge in [-0.15, -0.1) is 0 Å². The lowest BCUT2D eigenvalue weighted by Gasteiger charge is -2.35. The van der Waals surface area contributed by atoms with Crippen LogP contribution in [-0.4, -0.2) is 16.0 Å². The van der Waals surface area contributed by atoms with Gasteiger partial charge in [0.15, 0.2) is 0 Å². The number of alkyl halides is 3. The molecule has 2 heterocycles. The SMILES string of the molecule is FC(F)(F)c1ccc(Cc2cccc(C=C3CCC(N4C=CC=CN4)CC3)c2)nc1. The van der Waals surface area contributed by atoms with Crippen molar-refractivity contribution in [2.75, 3.05) is 0 Å². The number of hydrogen-bond donors (Lipinski definition) is 1. The molecular weight excluding hydrogens is 387 g/mol. The minimum absolute atomic E-state index is 0.500. The predicted octanol–water partition coefficient (Wildman–Crippen LogP) is 5.86. The average Bonchev–Trinajstić information content (AvgIpc) is 2.75. The molecule has 1 aromatic carbocycles. The van der Waals surface area contributed by atoms with Crippen molar-refractivity contribution in [1.82, 2.24) is 15.4 Å². The topological polar surface area (TPSA) is 28.2 Å². The smallest absolute Gasteiger partial charge is 0.306 e. The third kappa shape index (κ3) is 5.12. The minimum atomic E-state index is -4.35. The second-order valence-electron chi connectivity index (χ2n) is 7.73. The fraction of sp³-hybridized carbons (Fsp3) is 0.292. The van der Waals surface area contributed by atoms with Crippen LogP contribution in [0.5, 0.6) is 0 Å². The standard InChI is InChI=1S/C24H24F3N3/c25-24(26,27)21-8-9-22(28-17-21)16-20-5-3-4-19(15-20)14-18-6-10-23(11-7-18)30-13-2-1-12-29-30/h1-5,8-9,12-15,17,23,29H,6-7,10-11,16H2. The Labute approximate surface area is 174 Å². The first-order valence-corrected chi connectivity index (χ1v) is 10.2. The van der Waals surface area contributed by atoms with Gasteiger partial charge in [-0.25, -0.2) is 0 Å². The quantitative estimate of drug-likeness (QED) is 0.683. The highest BCUT2D eigenvalue weighted by Gasteiger charge is 2.30. The van der Waals surface area contributed by atoms with Gasteiger partial charge < -0.3 is 5.43 Å². The summed E-state index contributed by atoms with van der Waals surface area (Å²) in [6, 6.07) is 11.2. The van der Waals surface area contributed by atoms with Gasteiger partial charge in [0, 0.05) is 30.7 Å². The van der Waals surface area contributed by atoms with Crippen LogP contribution in [0.15, 0.2) is 72.7 Å². The van der Waals surface area contributed by atoms with Gasteiger partial charge in [-0.2, -0.15) is 13.2 Å². The van der Waals surface area contributed by atoms with Crippen LogP contribution >= 0.6 is 0 Å². The highest BCUT2D eigenvalue weighted by atomic mass is 19.4. The van der Waals surface area contributed by atoms with E-state index in [1.54, 1.807) is 0 Å². The summed E-state index contributed by atoms with van der Waals surface area (Å²) in [6.07, 6.45) is 11.7. The van der Waals surface area contributed by atoms with Crippen molar-refractivity contribution in [3.8, 4) is 0 Å². The summed E-state index contributed by atoms with van der Waals surface area (Å²) in [5.41, 5.74) is 6.80. The first-order valence-electron chi connectivity index (χ1n) is 10.2. The van der Waals surface area contributed by atoms with Crippen molar-refractivity contribution in [2.24, 2.45) is 0 Å². The van der Waals surface area contributed by atoms with Gasteiger partial charge in [0.2, 0.25) is 0 Å². The highest BCUT2D eigenvalue weighted by molar-refractivity contribution is 5.54. The normalized spacial score (nSPS) is 19.0. The molecule has 4 rings (SSSR count). The molecule has 1 fully saturated rings. The van der Waals surface area contributed by atoms with Crippen molar-refractivity contribution < 1.29 is 13.2 Å². The number of hydrazine groups is 1. The van der Waals surface area contributed by atoms with Crippen molar-refractivity contribution in [2.45, 2.75) is 44.3 Å². The second-order valence-corrected chi connectivity index (χ2v) is 7.73. The summed E-state index contributed by atoms with van der Waals surface area (Å²) in [5.74, 6) is 0. The van der Waals surface area contributed by atoms with Crippen molar-refractivity contribution >= 4 is 6.08 Å². The molecule has 0 unspecified atom stereocenters. The molecule has 1 N–H and O–H groups in total. The average molecular weight is 411 g/mol. The lowest BCUT2D eigenvalue weighted by atomic mass is 9.89. The van der Waals surface area contributed by atoms with E-state index in [-0.39, 0.29) is 0 Å². The van der Waals surface area contributed by atoms with Gasteiger partial charge in [-0.1, -0.05) is 35.9 Å². The molecule has 0 atom stereocenters. The van der Waals surface area contributed by atoms with Crippen LogP contribution in [0, 0.1) is 0 Å². The maximum absolute atomic E-state index is 12.7. The molecule has 2 aliphatic rings. The van der Waals surface area contributed by atoms with Crippen LogP contribution in [0.2, 0.25) is 0 Å². The van der Waals surface area contributed by atoms with E-state index in [0.717, 1.165) is 49.1 Å². The monoisotopic (exact) mass is 411 g/mol. The van der Waals surface area contributed by atoms with Crippen LogP contribution in [0.1, 0.15) is 48.1 Å². The molecule has 30 heavy (non-hydrogen) atoms. The maximum atomic E-state index is 12.7. The number of nitrogens with zero attached hydrogens (tertiary/aromatic N) is 2. The Morgan fingerprint density at radius 2 is 1.93 bits per heavy atom. The van der Waals surface area contributed by atoms with Crippen LogP contribution in [-0.2, 0) is 12.6 Å². The Kier molecular flexibility index (Phi) is 5.93. The molecule has 0 amide bonds. The molecule has 0 radical (unpaired) electrons. The molecule has 1 aromatic heterocycles. The zero-order valence-electron chi connectivity index (χ0n) is 16.6. The molecule has 3 nitrogen and oxygen atoms in total. The Morgan fingerprint density at radius 1 is 1.10 bits per heavy atom. The Hall–Kier alpha value is -3.02. The summed E-state index contributed by atoms with van der Waals surface area (Å²) in [4.78, 5) is 3.98. The van der Waals surface area contributed by atoms with E-state index in [1.807, 2.05) is 30.5 Å². The first kappa shape index (κ1) is 20.3. The number of halogens is 3. The van der Waals surface area contributed by atoms with Crippen LogP contribution in [0.25, 0.3) is 6.08 Å². The molecule has 0 saturated heterocycles. The molecule has 1 saturated carbocycles. The number of hydrogen-bond acceptors (Lipinski definition) is 3. The van der Waals surface area contributed by atoms with Gasteiger partial charge in [0.25, 0.3) is 0 Å². The van der Waals surface area contributed by atoms with E-state index in [4.69, 9.17) is 0 Å². The number of benzene rings is 1. The molecular formula is C24H24F3N3. The van der Waals surface area contributed by atoms with E-state index in [9.17, 15) is 13.2 Å². The highest BCUT2D eigenvalue weighted by Crippen LogP contribution is 2.30. The summed E-state index contributed by atoms with van der Waals surface area (Å²) >= 11 is 0. The van der Waals surface area contributed by atoms with E-state index >= 15 is 0 Å². The van der Waals surface area contributed by atoms with Crippen molar-refractivity contribution in [1.29, 1.82) is 0 Å².